The maximum Gasteiger partial charge on any atom is 0.335 e. The summed E-state index contributed by atoms with van der Waals surface area (Å²) >= 11 is 0. The van der Waals surface area contributed by atoms with Crippen LogP contribution in [0, 0.1) is 6.92 Å². The van der Waals surface area contributed by atoms with Gasteiger partial charge in [0.05, 0.1) is 11.3 Å². The number of hydrogen-bond donors (Lipinski definition) is 3. The molecule has 3 N–H and O–H groups in total. The molecule has 3 heterocycles. The Kier molecular flexibility index (Phi) is 6.19. The fourth-order valence-electron chi connectivity index (χ4n) is 5.56. The van der Waals surface area contributed by atoms with Gasteiger partial charge in [-0.15, -0.1) is 0 Å². The second-order valence-corrected chi connectivity index (χ2v) is 10.6. The molecule has 0 radical (unpaired) electrons. The number of hydrogen-bond acceptors (Lipinski definition) is 6. The van der Waals surface area contributed by atoms with Gasteiger partial charge in [-0.2, -0.15) is 0 Å². The first-order chi connectivity index (χ1) is 18.4. The predicted molar refractivity (Wildman–Crippen MR) is 144 cm³/mol. The lowest BCUT2D eigenvalue weighted by molar-refractivity contribution is -0.00932. The number of imidazole rings is 1. The summed E-state index contributed by atoms with van der Waals surface area (Å²) in [4.78, 5) is 25.5. The highest BCUT2D eigenvalue weighted by Gasteiger charge is 2.38. The van der Waals surface area contributed by atoms with Gasteiger partial charge in [-0.25, -0.2) is 19.7 Å². The minimum atomic E-state index is -1.06. The summed E-state index contributed by atoms with van der Waals surface area (Å²) < 4.78 is 1.84. The largest absolute Gasteiger partial charge is 0.478 e. The van der Waals surface area contributed by atoms with Crippen molar-refractivity contribution >= 4 is 17.6 Å². The number of carbonyl (C=O) groups is 1. The highest BCUT2D eigenvalue weighted by atomic mass is 16.4. The van der Waals surface area contributed by atoms with Gasteiger partial charge < -0.3 is 15.5 Å². The molecule has 4 aromatic rings. The van der Waals surface area contributed by atoms with Crippen molar-refractivity contribution in [3.8, 4) is 5.82 Å². The van der Waals surface area contributed by atoms with Crippen molar-refractivity contribution in [2.24, 2.45) is 0 Å². The Labute approximate surface area is 221 Å². The zero-order valence-corrected chi connectivity index (χ0v) is 21.3. The molecule has 2 saturated carbocycles. The average molecular weight is 510 g/mol. The van der Waals surface area contributed by atoms with Crippen molar-refractivity contribution in [2.45, 2.75) is 62.9 Å². The topological polar surface area (TPSA) is 113 Å². The standard InChI is InChI=1S/C30H31N5O3/c1-19-14-27(33-26-16-22(10-13-31-26)20-6-7-20)34-28(15-19)35-17-25(32-18-35)30(38)11-8-21(9-12-30)23-4-2-3-5-24(23)29(36)37/h2-5,10,13-18,20-21,38H,6-9,11-12H2,1H3,(H,36,37)(H,31,33,34). The Morgan fingerprint density at radius 1 is 1.00 bits per heavy atom. The predicted octanol–water partition coefficient (Wildman–Crippen LogP) is 5.84. The Balaban J connectivity index is 1.19. The van der Waals surface area contributed by atoms with E-state index in [1.165, 1.54) is 18.4 Å². The molecule has 0 aliphatic heterocycles. The number of pyridine rings is 2. The van der Waals surface area contributed by atoms with Crippen molar-refractivity contribution in [2.75, 3.05) is 5.32 Å². The first kappa shape index (κ1) is 24.3. The number of rotatable bonds is 7. The number of anilines is 2. The summed E-state index contributed by atoms with van der Waals surface area (Å²) in [5.41, 5.74) is 3.09. The molecular formula is C30H31N5O3. The maximum absolute atomic E-state index is 11.7. The number of nitrogens with one attached hydrogen (secondary N) is 1. The molecular weight excluding hydrogens is 478 g/mol. The van der Waals surface area contributed by atoms with Crippen LogP contribution in [0.4, 0.5) is 11.6 Å². The van der Waals surface area contributed by atoms with Crippen LogP contribution in [0.3, 0.4) is 0 Å². The monoisotopic (exact) mass is 509 g/mol. The van der Waals surface area contributed by atoms with Crippen LogP contribution in [0.1, 0.15) is 83.1 Å². The van der Waals surface area contributed by atoms with Crippen molar-refractivity contribution in [3.05, 3.63) is 95.2 Å². The number of carboxylic acid groups (broad SMARTS) is 1. The Morgan fingerprint density at radius 2 is 1.79 bits per heavy atom. The van der Waals surface area contributed by atoms with E-state index in [4.69, 9.17) is 4.98 Å². The average Bonchev–Trinajstić information content (AvgIpc) is 3.64. The van der Waals surface area contributed by atoms with E-state index in [-0.39, 0.29) is 5.92 Å². The molecule has 0 spiro atoms. The van der Waals surface area contributed by atoms with Crippen molar-refractivity contribution in [1.82, 2.24) is 19.5 Å². The Bertz CT molecular complexity index is 1480. The van der Waals surface area contributed by atoms with Crippen LogP contribution in [0.15, 0.2) is 67.3 Å². The zero-order chi connectivity index (χ0) is 26.3. The van der Waals surface area contributed by atoms with Gasteiger partial charge in [0, 0.05) is 12.4 Å². The molecule has 6 rings (SSSR count). The summed E-state index contributed by atoms with van der Waals surface area (Å²) in [5, 5.41) is 24.4. The fraction of sp³-hybridized carbons (Fsp3) is 0.333. The van der Waals surface area contributed by atoms with E-state index in [1.807, 2.05) is 48.1 Å². The minimum Gasteiger partial charge on any atom is -0.478 e. The van der Waals surface area contributed by atoms with E-state index in [9.17, 15) is 15.0 Å². The molecule has 0 unspecified atom stereocenters. The minimum absolute atomic E-state index is 0.101. The van der Waals surface area contributed by atoms with Crippen molar-refractivity contribution < 1.29 is 15.0 Å². The lowest BCUT2D eigenvalue weighted by Gasteiger charge is -2.35. The first-order valence-corrected chi connectivity index (χ1v) is 13.2. The number of aromatic carboxylic acids is 1. The third kappa shape index (κ3) is 4.91. The molecule has 0 atom stereocenters. The summed E-state index contributed by atoms with van der Waals surface area (Å²) in [6.45, 7) is 2.02. The van der Waals surface area contributed by atoms with Crippen LogP contribution in [-0.2, 0) is 5.60 Å². The smallest absolute Gasteiger partial charge is 0.335 e. The highest BCUT2D eigenvalue weighted by molar-refractivity contribution is 5.89. The zero-order valence-electron chi connectivity index (χ0n) is 21.3. The van der Waals surface area contributed by atoms with Crippen LogP contribution in [-0.4, -0.2) is 35.7 Å². The molecule has 0 saturated heterocycles. The summed E-state index contributed by atoms with van der Waals surface area (Å²) in [6, 6.07) is 15.3. The number of aromatic nitrogens is 4. The van der Waals surface area contributed by atoms with Crippen molar-refractivity contribution in [3.63, 3.8) is 0 Å². The Hall–Kier alpha value is -4.04. The van der Waals surface area contributed by atoms with E-state index >= 15 is 0 Å². The lowest BCUT2D eigenvalue weighted by Crippen LogP contribution is -2.31. The quantitative estimate of drug-likeness (QED) is 0.287. The number of aliphatic hydroxyl groups is 1. The number of nitrogens with zero attached hydrogens (tertiary/aromatic N) is 4. The first-order valence-electron chi connectivity index (χ1n) is 13.2. The van der Waals surface area contributed by atoms with Gasteiger partial charge in [0.25, 0.3) is 0 Å². The molecule has 194 valence electrons. The molecule has 38 heavy (non-hydrogen) atoms. The third-order valence-electron chi connectivity index (χ3n) is 7.81. The van der Waals surface area contributed by atoms with Crippen LogP contribution < -0.4 is 5.32 Å². The molecule has 0 amide bonds. The van der Waals surface area contributed by atoms with Gasteiger partial charge in [-0.1, -0.05) is 18.2 Å². The lowest BCUT2D eigenvalue weighted by atomic mass is 9.74. The molecule has 2 fully saturated rings. The van der Waals surface area contributed by atoms with Crippen LogP contribution in [0.5, 0.6) is 0 Å². The summed E-state index contributed by atoms with van der Waals surface area (Å²) in [6.07, 6.45) is 10.3. The Morgan fingerprint density at radius 3 is 2.55 bits per heavy atom. The molecule has 0 bridgehead atoms. The highest BCUT2D eigenvalue weighted by Crippen LogP contribution is 2.44. The summed E-state index contributed by atoms with van der Waals surface area (Å²) in [5.74, 6) is 2.02. The normalized spacial score (nSPS) is 21.3. The van der Waals surface area contributed by atoms with Gasteiger partial charge >= 0.3 is 5.97 Å². The van der Waals surface area contributed by atoms with Crippen LogP contribution in [0.25, 0.3) is 5.82 Å². The molecule has 2 aliphatic rings. The molecule has 8 heteroatoms. The number of aryl methyl sites for hydroxylation is 1. The second kappa shape index (κ2) is 9.68. The molecule has 8 nitrogen and oxygen atoms in total. The van der Waals surface area contributed by atoms with E-state index in [1.54, 1.807) is 18.5 Å². The molecule has 1 aromatic carbocycles. The number of carboxylic acids is 1. The van der Waals surface area contributed by atoms with Crippen LogP contribution >= 0.6 is 0 Å². The maximum atomic E-state index is 11.7. The third-order valence-corrected chi connectivity index (χ3v) is 7.81. The fourth-order valence-corrected chi connectivity index (χ4v) is 5.56. The van der Waals surface area contributed by atoms with E-state index in [0.717, 1.165) is 16.9 Å². The van der Waals surface area contributed by atoms with Crippen molar-refractivity contribution in [1.29, 1.82) is 0 Å². The SMILES string of the molecule is Cc1cc(Nc2cc(C3CC3)ccn2)nc(-n2cnc(C3(O)CCC(c4ccccc4C(=O)O)CC3)c2)c1. The van der Waals surface area contributed by atoms with E-state index in [0.29, 0.717) is 54.5 Å². The van der Waals surface area contributed by atoms with E-state index in [2.05, 4.69) is 27.4 Å². The van der Waals surface area contributed by atoms with E-state index < -0.39 is 11.6 Å². The molecule has 3 aromatic heterocycles. The summed E-state index contributed by atoms with van der Waals surface area (Å²) in [7, 11) is 0. The van der Waals surface area contributed by atoms with Gasteiger partial charge in [-0.3, -0.25) is 4.57 Å². The van der Waals surface area contributed by atoms with Gasteiger partial charge in [0.2, 0.25) is 0 Å². The second-order valence-electron chi connectivity index (χ2n) is 10.6. The number of benzene rings is 1. The molecule has 2 aliphatic carbocycles. The van der Waals surface area contributed by atoms with Gasteiger partial charge in [-0.05, 0) is 104 Å². The van der Waals surface area contributed by atoms with Gasteiger partial charge in [0.15, 0.2) is 0 Å². The van der Waals surface area contributed by atoms with Gasteiger partial charge in [0.1, 0.15) is 29.4 Å². The van der Waals surface area contributed by atoms with Crippen LogP contribution in [0.2, 0.25) is 0 Å².